The quantitative estimate of drug-likeness (QED) is 0.0909. The van der Waals surface area contributed by atoms with Crippen LogP contribution >= 0.6 is 24.0 Å². The number of nitrogens with zero attached hydrogens (tertiary/aromatic N) is 3. The molecule has 0 unspecified atom stereocenters. The number of benzene rings is 2. The van der Waals surface area contributed by atoms with Crippen LogP contribution in [0.4, 0.5) is 5.69 Å². The number of thioether (sulfide) groups is 1. The molecule has 0 atom stereocenters. The third-order valence-corrected chi connectivity index (χ3v) is 9.60. The first-order chi connectivity index (χ1) is 20.2. The van der Waals surface area contributed by atoms with Crippen LogP contribution in [0.2, 0.25) is 0 Å². The van der Waals surface area contributed by atoms with Crippen molar-refractivity contribution in [3.8, 4) is 0 Å². The fourth-order valence-corrected chi connectivity index (χ4v) is 7.03. The standard InChI is InChI=1S/C31H37N3O5S3/c1-3-5-11-20-34-30(36)25(29(35)33(31(34)40)19-6-4-2)15-9-10-16-27-32(21-12-22-42(37,38)39)26-18-17-23-13-7-8-14-24(23)28(26)41-27/h7-10,13-18H,3-6,11-12,19-22H2,1-2H3,(H,37,38,39). The highest BCUT2D eigenvalue weighted by Crippen LogP contribution is 2.49. The summed E-state index contributed by atoms with van der Waals surface area (Å²) in [6, 6.07) is 12.1. The van der Waals surface area contributed by atoms with Crippen molar-refractivity contribution >= 4 is 67.5 Å². The molecular formula is C31H37N3O5S3. The smallest absolute Gasteiger partial charge is 0.265 e. The zero-order chi connectivity index (χ0) is 30.3. The van der Waals surface area contributed by atoms with Crippen LogP contribution in [-0.2, 0) is 19.7 Å². The fraction of sp³-hybridized carbons (Fsp3) is 0.387. The second-order valence-corrected chi connectivity index (χ2v) is 13.2. The number of carbonyl (C=O) groups is 2. The molecule has 1 saturated heterocycles. The zero-order valence-electron chi connectivity index (χ0n) is 24.0. The first-order valence-electron chi connectivity index (χ1n) is 14.3. The van der Waals surface area contributed by atoms with Gasteiger partial charge in [0.15, 0.2) is 5.11 Å². The Kier molecular flexibility index (Phi) is 11.0. The third-order valence-electron chi connectivity index (χ3n) is 7.15. The van der Waals surface area contributed by atoms with Gasteiger partial charge in [0.05, 0.1) is 16.5 Å². The van der Waals surface area contributed by atoms with Gasteiger partial charge in [-0.1, -0.05) is 87.4 Å². The van der Waals surface area contributed by atoms with Gasteiger partial charge in [-0.05, 0) is 60.5 Å². The highest BCUT2D eigenvalue weighted by molar-refractivity contribution is 8.04. The van der Waals surface area contributed by atoms with E-state index in [9.17, 15) is 22.6 Å². The van der Waals surface area contributed by atoms with E-state index in [2.05, 4.69) is 13.0 Å². The average molecular weight is 628 g/mol. The number of thiocarbonyl (C=S) groups is 1. The lowest BCUT2D eigenvalue weighted by molar-refractivity contribution is -0.133. The van der Waals surface area contributed by atoms with Crippen molar-refractivity contribution in [1.29, 1.82) is 0 Å². The van der Waals surface area contributed by atoms with E-state index < -0.39 is 10.1 Å². The molecule has 2 amide bonds. The van der Waals surface area contributed by atoms with Crippen molar-refractivity contribution < 1.29 is 22.6 Å². The van der Waals surface area contributed by atoms with Crippen LogP contribution in [0.25, 0.3) is 10.8 Å². The number of hydrogen-bond donors (Lipinski definition) is 1. The Bertz CT molecular complexity index is 1550. The molecule has 0 bridgehead atoms. The van der Waals surface area contributed by atoms with Gasteiger partial charge in [-0.15, -0.1) is 0 Å². The summed E-state index contributed by atoms with van der Waals surface area (Å²) in [5.41, 5.74) is 1.05. The van der Waals surface area contributed by atoms with Crippen LogP contribution in [0.1, 0.15) is 52.4 Å². The average Bonchev–Trinajstić information content (AvgIpc) is 3.31. The Balaban J connectivity index is 1.61. The van der Waals surface area contributed by atoms with Crippen molar-refractivity contribution in [2.45, 2.75) is 57.3 Å². The molecule has 0 aromatic heterocycles. The summed E-state index contributed by atoms with van der Waals surface area (Å²) in [4.78, 5) is 32.8. The monoisotopic (exact) mass is 627 g/mol. The molecule has 2 aliphatic heterocycles. The van der Waals surface area contributed by atoms with E-state index in [0.29, 0.717) is 19.6 Å². The molecule has 0 spiro atoms. The molecule has 0 aliphatic carbocycles. The van der Waals surface area contributed by atoms with Gasteiger partial charge in [0.1, 0.15) is 5.57 Å². The summed E-state index contributed by atoms with van der Waals surface area (Å²) in [6.07, 6.45) is 11.7. The number of allylic oxidation sites excluding steroid dienone is 4. The predicted molar refractivity (Wildman–Crippen MR) is 174 cm³/mol. The molecule has 42 heavy (non-hydrogen) atoms. The number of hydrogen-bond acceptors (Lipinski definition) is 7. The van der Waals surface area contributed by atoms with Crippen LogP contribution < -0.4 is 4.90 Å². The normalized spacial score (nSPS) is 18.0. The van der Waals surface area contributed by atoms with Gasteiger partial charge in [0.2, 0.25) is 0 Å². The van der Waals surface area contributed by atoms with Crippen molar-refractivity contribution in [2.75, 3.05) is 30.3 Å². The molecule has 2 aromatic rings. The summed E-state index contributed by atoms with van der Waals surface area (Å²) >= 11 is 7.13. The summed E-state index contributed by atoms with van der Waals surface area (Å²) < 4.78 is 31.9. The molecule has 2 aliphatic rings. The summed E-state index contributed by atoms with van der Waals surface area (Å²) in [6.45, 7) is 5.48. The van der Waals surface area contributed by atoms with Crippen LogP contribution in [-0.4, -0.2) is 65.1 Å². The summed E-state index contributed by atoms with van der Waals surface area (Å²) in [5.74, 6) is -1.07. The van der Waals surface area contributed by atoms with Gasteiger partial charge in [-0.25, -0.2) is 0 Å². The number of rotatable bonds is 13. The maximum atomic E-state index is 13.3. The van der Waals surface area contributed by atoms with Crippen molar-refractivity contribution in [3.63, 3.8) is 0 Å². The third kappa shape index (κ3) is 7.50. The predicted octanol–water partition coefficient (Wildman–Crippen LogP) is 6.30. The summed E-state index contributed by atoms with van der Waals surface area (Å²) in [7, 11) is -4.07. The minimum Gasteiger partial charge on any atom is -0.335 e. The largest absolute Gasteiger partial charge is 0.335 e. The van der Waals surface area contributed by atoms with E-state index in [1.807, 2.05) is 48.2 Å². The lowest BCUT2D eigenvalue weighted by atomic mass is 10.1. The van der Waals surface area contributed by atoms with Gasteiger partial charge in [0, 0.05) is 24.5 Å². The van der Waals surface area contributed by atoms with Gasteiger partial charge in [0.25, 0.3) is 21.9 Å². The Hall–Kier alpha value is -2.99. The van der Waals surface area contributed by atoms with Gasteiger partial charge >= 0.3 is 0 Å². The lowest BCUT2D eigenvalue weighted by Crippen LogP contribution is -2.56. The first-order valence-corrected chi connectivity index (χ1v) is 17.2. The zero-order valence-corrected chi connectivity index (χ0v) is 26.4. The highest BCUT2D eigenvalue weighted by Gasteiger charge is 2.38. The lowest BCUT2D eigenvalue weighted by Gasteiger charge is -2.36. The highest BCUT2D eigenvalue weighted by atomic mass is 32.2. The topological polar surface area (TPSA) is 98.2 Å². The van der Waals surface area contributed by atoms with Gasteiger partial charge < -0.3 is 4.90 Å². The molecule has 2 heterocycles. The molecule has 224 valence electrons. The molecule has 8 nitrogen and oxygen atoms in total. The SMILES string of the molecule is CCCCCN1C(=O)C(=CC=CC=C2Sc3c(ccc4ccccc34)N2CCCS(=O)(=O)O)C(=O)N(CCCC)C1=S. The molecule has 11 heteroatoms. The van der Waals surface area contributed by atoms with Crippen molar-refractivity contribution in [3.05, 3.63) is 71.3 Å². The number of unbranched alkanes of at least 4 members (excludes halogenated alkanes) is 3. The summed E-state index contributed by atoms with van der Waals surface area (Å²) in [5, 5.41) is 3.36. The fourth-order valence-electron chi connectivity index (χ4n) is 4.95. The van der Waals surface area contributed by atoms with E-state index in [0.717, 1.165) is 58.5 Å². The van der Waals surface area contributed by atoms with Gasteiger partial charge in [-0.2, -0.15) is 8.42 Å². The molecular weight excluding hydrogens is 591 g/mol. The number of carbonyl (C=O) groups excluding carboxylic acids is 2. The Morgan fingerprint density at radius 2 is 1.48 bits per heavy atom. The Labute approximate surface area is 257 Å². The maximum Gasteiger partial charge on any atom is 0.265 e. The Morgan fingerprint density at radius 1 is 0.833 bits per heavy atom. The minimum absolute atomic E-state index is 0.0872. The maximum absolute atomic E-state index is 13.3. The number of anilines is 1. The van der Waals surface area contributed by atoms with E-state index >= 15 is 0 Å². The van der Waals surface area contributed by atoms with Crippen molar-refractivity contribution in [2.24, 2.45) is 0 Å². The molecule has 1 fully saturated rings. The number of fused-ring (bicyclic) bond motifs is 3. The van der Waals surface area contributed by atoms with Crippen LogP contribution in [0.15, 0.2) is 76.2 Å². The van der Waals surface area contributed by atoms with E-state index in [4.69, 9.17) is 12.2 Å². The van der Waals surface area contributed by atoms with E-state index in [1.165, 1.54) is 4.90 Å². The second-order valence-electron chi connectivity index (χ2n) is 10.3. The van der Waals surface area contributed by atoms with Crippen molar-refractivity contribution in [1.82, 2.24) is 9.80 Å². The molecule has 0 radical (unpaired) electrons. The molecule has 1 N–H and O–H groups in total. The minimum atomic E-state index is -4.07. The van der Waals surface area contributed by atoms with Crippen LogP contribution in [0, 0.1) is 0 Å². The van der Waals surface area contributed by atoms with E-state index in [1.54, 1.807) is 34.9 Å². The second kappa shape index (κ2) is 14.5. The van der Waals surface area contributed by atoms with E-state index in [-0.39, 0.29) is 34.7 Å². The first kappa shape index (κ1) is 31.9. The molecule has 4 rings (SSSR count). The number of amides is 2. The van der Waals surface area contributed by atoms with Gasteiger partial charge in [-0.3, -0.25) is 23.9 Å². The molecule has 2 aromatic carbocycles. The molecule has 0 saturated carbocycles. The van der Waals surface area contributed by atoms with Crippen LogP contribution in [0.5, 0.6) is 0 Å². The Morgan fingerprint density at radius 3 is 2.17 bits per heavy atom. The van der Waals surface area contributed by atoms with Crippen LogP contribution in [0.3, 0.4) is 0 Å².